The summed E-state index contributed by atoms with van der Waals surface area (Å²) in [5.74, 6) is -1.00. The molecule has 6 heterocycles. The van der Waals surface area contributed by atoms with Gasteiger partial charge in [-0.15, -0.1) is 0 Å². The van der Waals surface area contributed by atoms with Crippen LogP contribution in [0, 0.1) is 11.2 Å². The van der Waals surface area contributed by atoms with Gasteiger partial charge in [0.1, 0.15) is 28.6 Å². The number of rotatable bonds is 8. The lowest BCUT2D eigenvalue weighted by atomic mass is 9.93. The van der Waals surface area contributed by atoms with Gasteiger partial charge >= 0.3 is 12.2 Å². The van der Waals surface area contributed by atoms with Gasteiger partial charge in [0.2, 0.25) is 0 Å². The van der Waals surface area contributed by atoms with Crippen LogP contribution in [0.5, 0.6) is 11.8 Å². The third-order valence-corrected chi connectivity index (χ3v) is 10.4. The maximum Gasteiger partial charge on any atom is 0.431 e. The molecule has 5 fully saturated rings. The lowest BCUT2D eigenvalue weighted by molar-refractivity contribution is -0.142. The van der Waals surface area contributed by atoms with Gasteiger partial charge in [-0.1, -0.05) is 13.0 Å². The number of benzene rings is 2. The number of piperidine rings is 2. The first kappa shape index (κ1) is 29.0. The molecule has 2 bridgehead atoms. The minimum Gasteiger partial charge on any atom is -0.508 e. The van der Waals surface area contributed by atoms with Crippen LogP contribution in [0.4, 0.5) is 23.4 Å². The third kappa shape index (κ3) is 5.44. The fourth-order valence-corrected chi connectivity index (χ4v) is 7.80. The molecular formula is C35H38F4N6O3. The van der Waals surface area contributed by atoms with Gasteiger partial charge in [0.25, 0.3) is 5.56 Å². The molecule has 0 spiro atoms. The summed E-state index contributed by atoms with van der Waals surface area (Å²) in [5.41, 5.74) is -4.00. The minimum absolute atomic E-state index is 0.0522. The number of ether oxygens (including phenoxy) is 1. The van der Waals surface area contributed by atoms with Crippen molar-refractivity contribution in [3.05, 3.63) is 57.8 Å². The van der Waals surface area contributed by atoms with Crippen LogP contribution in [0.1, 0.15) is 59.4 Å². The van der Waals surface area contributed by atoms with Gasteiger partial charge in [-0.05, 0) is 87.2 Å². The molecule has 2 aromatic carbocycles. The van der Waals surface area contributed by atoms with Gasteiger partial charge in [-0.2, -0.15) is 23.1 Å². The Labute approximate surface area is 277 Å². The standard InChI is InChI=1S/C35H38F4N6O3/c1-2-24-26(36)8-5-20-13-23(46)14-27(29(20)24)45-28(35(37,38)39)15-25-30(32(45)47)41-33(42-31(25)44-17-21-6-7-22(44)16-40-21)48-19-34(9-10-34)18-43-11-3-4-12-43/h5,8,13-15,21-22,40,46H,2-4,6-7,9-12,16-19H2,1H3/i19D2. The Morgan fingerprint density at radius 3 is 2.58 bits per heavy atom. The molecule has 2 atom stereocenters. The summed E-state index contributed by atoms with van der Waals surface area (Å²) in [6.45, 7) is 2.63. The number of fused-ring (bicyclic) bond motifs is 5. The van der Waals surface area contributed by atoms with Gasteiger partial charge < -0.3 is 25.0 Å². The van der Waals surface area contributed by atoms with Gasteiger partial charge in [0.05, 0.1) is 20.4 Å². The average molecular weight is 669 g/mol. The van der Waals surface area contributed by atoms with Crippen LogP contribution in [0.15, 0.2) is 35.1 Å². The van der Waals surface area contributed by atoms with E-state index in [1.54, 1.807) is 6.92 Å². The van der Waals surface area contributed by atoms with E-state index in [0.29, 0.717) is 37.0 Å². The molecule has 5 aliphatic rings. The van der Waals surface area contributed by atoms with E-state index in [1.807, 2.05) is 4.90 Å². The number of anilines is 1. The molecule has 0 radical (unpaired) electrons. The Morgan fingerprint density at radius 2 is 1.94 bits per heavy atom. The number of alkyl halides is 3. The fraction of sp³-hybridized carbons (Fsp3) is 0.514. The van der Waals surface area contributed by atoms with E-state index >= 15 is 17.6 Å². The minimum atomic E-state index is -5.06. The number of hydrogen-bond acceptors (Lipinski definition) is 8. The SMILES string of the molecule is [2H]C([2H])(Oc1nc(N2CC3CCC2CN3)c2cc(C(F)(F)F)n(-c3cc(O)cc4ccc(F)c(CC)c34)c(=O)c2n1)C1(CN2CCCC2)CC1. The summed E-state index contributed by atoms with van der Waals surface area (Å²) >= 11 is 0. The topological polar surface area (TPSA) is 95.8 Å². The van der Waals surface area contributed by atoms with Crippen LogP contribution in [-0.4, -0.2) is 75.9 Å². The highest BCUT2D eigenvalue weighted by Gasteiger charge is 2.46. The zero-order chi connectivity index (χ0) is 35.2. The van der Waals surface area contributed by atoms with Crippen LogP contribution in [0.3, 0.4) is 0 Å². The van der Waals surface area contributed by atoms with E-state index in [4.69, 9.17) is 7.48 Å². The number of aromatic hydroxyl groups is 1. The predicted molar refractivity (Wildman–Crippen MR) is 174 cm³/mol. The van der Waals surface area contributed by atoms with Crippen LogP contribution in [0.2, 0.25) is 0 Å². The van der Waals surface area contributed by atoms with Crippen LogP contribution >= 0.6 is 0 Å². The molecule has 4 aliphatic heterocycles. The van der Waals surface area contributed by atoms with E-state index in [-0.39, 0.29) is 51.7 Å². The number of halogens is 4. The molecule has 254 valence electrons. The predicted octanol–water partition coefficient (Wildman–Crippen LogP) is 5.56. The molecule has 48 heavy (non-hydrogen) atoms. The monoisotopic (exact) mass is 668 g/mol. The summed E-state index contributed by atoms with van der Waals surface area (Å²) in [4.78, 5) is 27.6. The second kappa shape index (κ2) is 11.6. The second-order valence-corrected chi connectivity index (χ2v) is 13.7. The van der Waals surface area contributed by atoms with Crippen molar-refractivity contribution >= 4 is 27.5 Å². The maximum atomic E-state index is 15.1. The number of hydrogen-bond donors (Lipinski definition) is 2. The number of nitrogens with zero attached hydrogens (tertiary/aromatic N) is 5. The molecular weight excluding hydrogens is 628 g/mol. The molecule has 9 nitrogen and oxygen atoms in total. The highest BCUT2D eigenvalue weighted by molar-refractivity contribution is 5.96. The molecule has 9 rings (SSSR count). The van der Waals surface area contributed by atoms with E-state index < -0.39 is 52.5 Å². The molecule has 1 saturated carbocycles. The van der Waals surface area contributed by atoms with Crippen molar-refractivity contribution in [3.63, 3.8) is 0 Å². The summed E-state index contributed by atoms with van der Waals surface area (Å²) in [6.07, 6.45) is -0.0876. The largest absolute Gasteiger partial charge is 0.508 e. The number of piperazine rings is 1. The number of nitrogens with one attached hydrogen (secondary N) is 1. The average Bonchev–Trinajstić information content (AvgIpc) is 3.70. The summed E-state index contributed by atoms with van der Waals surface area (Å²) in [5, 5.41) is 14.2. The number of pyridine rings is 1. The van der Waals surface area contributed by atoms with E-state index in [1.165, 1.54) is 18.2 Å². The Hall–Kier alpha value is -3.97. The number of likely N-dealkylation sites (tertiary alicyclic amines) is 1. The highest BCUT2D eigenvalue weighted by Crippen LogP contribution is 2.47. The van der Waals surface area contributed by atoms with Crippen molar-refractivity contribution in [1.29, 1.82) is 0 Å². The molecule has 2 N–H and O–H groups in total. The van der Waals surface area contributed by atoms with Crippen LogP contribution < -0.4 is 20.5 Å². The quantitative estimate of drug-likeness (QED) is 0.236. The number of aryl methyl sites for hydroxylation is 1. The summed E-state index contributed by atoms with van der Waals surface area (Å²) in [6, 6.07) is 5.16. The van der Waals surface area contributed by atoms with Crippen molar-refractivity contribution in [3.8, 4) is 17.4 Å². The summed E-state index contributed by atoms with van der Waals surface area (Å²) < 4.78 is 84.9. The Kier molecular flexibility index (Phi) is 6.99. The second-order valence-electron chi connectivity index (χ2n) is 13.7. The summed E-state index contributed by atoms with van der Waals surface area (Å²) in [7, 11) is 0. The zero-order valence-corrected chi connectivity index (χ0v) is 26.5. The smallest absolute Gasteiger partial charge is 0.431 e. The molecule has 4 aromatic rings. The fourth-order valence-electron chi connectivity index (χ4n) is 7.80. The molecule has 2 aromatic heterocycles. The van der Waals surface area contributed by atoms with Gasteiger partial charge in [-0.25, -0.2) is 4.39 Å². The van der Waals surface area contributed by atoms with Crippen LogP contribution in [-0.2, 0) is 12.6 Å². The maximum absolute atomic E-state index is 15.1. The van der Waals surface area contributed by atoms with Crippen molar-refractivity contribution in [2.45, 2.75) is 70.1 Å². The molecule has 0 amide bonds. The van der Waals surface area contributed by atoms with Gasteiger partial charge in [0.15, 0.2) is 0 Å². The lowest BCUT2D eigenvalue weighted by Gasteiger charge is -2.46. The lowest BCUT2D eigenvalue weighted by Crippen LogP contribution is -2.61. The van der Waals surface area contributed by atoms with E-state index in [9.17, 15) is 9.90 Å². The van der Waals surface area contributed by atoms with Gasteiger partial charge in [-0.3, -0.25) is 9.36 Å². The van der Waals surface area contributed by atoms with Crippen molar-refractivity contribution < 1.29 is 30.1 Å². The van der Waals surface area contributed by atoms with E-state index in [2.05, 4.69) is 20.2 Å². The first-order chi connectivity index (χ1) is 23.8. The number of aromatic nitrogens is 3. The Bertz CT molecular complexity index is 2060. The highest BCUT2D eigenvalue weighted by atomic mass is 19.4. The molecule has 2 unspecified atom stereocenters. The molecule has 4 saturated heterocycles. The van der Waals surface area contributed by atoms with Crippen LogP contribution in [0.25, 0.3) is 27.4 Å². The first-order valence-electron chi connectivity index (χ1n) is 17.7. The molecule has 13 heteroatoms. The van der Waals surface area contributed by atoms with E-state index in [0.717, 1.165) is 50.9 Å². The van der Waals surface area contributed by atoms with Crippen molar-refractivity contribution in [2.75, 3.05) is 44.2 Å². The molecule has 1 aliphatic carbocycles. The van der Waals surface area contributed by atoms with Crippen molar-refractivity contribution in [1.82, 2.24) is 24.8 Å². The van der Waals surface area contributed by atoms with Gasteiger partial charge in [0, 0.05) is 48.6 Å². The Morgan fingerprint density at radius 1 is 1.15 bits per heavy atom. The Balaban J connectivity index is 1.36. The normalized spacial score (nSPS) is 23.1. The zero-order valence-electron chi connectivity index (χ0n) is 28.5. The third-order valence-electron chi connectivity index (χ3n) is 10.4. The van der Waals surface area contributed by atoms with Crippen molar-refractivity contribution in [2.24, 2.45) is 5.41 Å². The number of phenols is 1. The number of phenolic OH excluding ortho intramolecular Hbond substituents is 1. The first-order valence-corrected chi connectivity index (χ1v) is 16.7.